The lowest BCUT2D eigenvalue weighted by Gasteiger charge is -2.28. The molecule has 1 heterocycles. The highest BCUT2D eigenvalue weighted by molar-refractivity contribution is 7.89. The Kier molecular flexibility index (Phi) is 8.44. The van der Waals surface area contributed by atoms with Gasteiger partial charge >= 0.3 is 0 Å². The van der Waals surface area contributed by atoms with Crippen LogP contribution in [0.25, 0.3) is 21.7 Å². The molecule has 5 aromatic rings. The standard InChI is InChI=1S/C34H38N6O2S/c1-40(2)31-16-8-14-28-27(31)13-9-17-32(28)43(41,42)36-23-25-20-18-24(19-21-25)22-35-34-38-30-15-7-6-12-29(30)33(39-34)37-26-10-4-3-5-11-26/h3-17,24-25,36H,18-23H2,1-2H3,(H2,35,37,38,39). The van der Waals surface area contributed by atoms with Gasteiger partial charge in [0, 0.05) is 54.7 Å². The average molecular weight is 595 g/mol. The molecule has 1 fully saturated rings. The maximum Gasteiger partial charge on any atom is 0.241 e. The molecule has 1 aliphatic rings. The molecule has 9 heteroatoms. The molecule has 0 spiro atoms. The van der Waals surface area contributed by atoms with Crippen molar-refractivity contribution in [3.63, 3.8) is 0 Å². The van der Waals surface area contributed by atoms with Crippen molar-refractivity contribution in [2.75, 3.05) is 42.7 Å². The highest BCUT2D eigenvalue weighted by Gasteiger charge is 2.25. The number of benzene rings is 4. The largest absolute Gasteiger partial charge is 0.377 e. The summed E-state index contributed by atoms with van der Waals surface area (Å²) in [6.45, 7) is 1.24. The predicted molar refractivity (Wildman–Crippen MR) is 177 cm³/mol. The minimum atomic E-state index is -3.64. The minimum Gasteiger partial charge on any atom is -0.377 e. The maximum absolute atomic E-state index is 13.4. The highest BCUT2D eigenvalue weighted by atomic mass is 32.2. The Morgan fingerprint density at radius 1 is 0.721 bits per heavy atom. The van der Waals surface area contributed by atoms with Crippen molar-refractivity contribution in [3.05, 3.63) is 91.0 Å². The van der Waals surface area contributed by atoms with E-state index in [1.165, 1.54) is 0 Å². The highest BCUT2D eigenvalue weighted by Crippen LogP contribution is 2.32. The molecule has 6 rings (SSSR count). The molecular formula is C34H38N6O2S. The molecule has 0 saturated heterocycles. The first-order chi connectivity index (χ1) is 20.9. The summed E-state index contributed by atoms with van der Waals surface area (Å²) < 4.78 is 29.7. The van der Waals surface area contributed by atoms with Gasteiger partial charge in [-0.1, -0.05) is 54.6 Å². The molecule has 0 aliphatic heterocycles. The Bertz CT molecular complexity index is 1820. The molecule has 1 saturated carbocycles. The Morgan fingerprint density at radius 2 is 1.37 bits per heavy atom. The van der Waals surface area contributed by atoms with Gasteiger partial charge in [-0.2, -0.15) is 4.98 Å². The maximum atomic E-state index is 13.4. The van der Waals surface area contributed by atoms with Crippen molar-refractivity contribution in [1.29, 1.82) is 0 Å². The molecule has 222 valence electrons. The van der Waals surface area contributed by atoms with Gasteiger partial charge in [-0.05, 0) is 73.9 Å². The van der Waals surface area contributed by atoms with Gasteiger partial charge in [0.2, 0.25) is 16.0 Å². The zero-order valence-electron chi connectivity index (χ0n) is 24.6. The second kappa shape index (κ2) is 12.6. The number of nitrogens with zero attached hydrogens (tertiary/aromatic N) is 3. The van der Waals surface area contributed by atoms with Crippen LogP contribution in [0.4, 0.5) is 23.1 Å². The van der Waals surface area contributed by atoms with E-state index in [4.69, 9.17) is 9.97 Å². The van der Waals surface area contributed by atoms with Crippen LogP contribution in [0, 0.1) is 11.8 Å². The molecule has 0 atom stereocenters. The number of para-hydroxylation sites is 2. The fraction of sp³-hybridized carbons (Fsp3) is 0.294. The fourth-order valence-electron chi connectivity index (χ4n) is 5.98. The van der Waals surface area contributed by atoms with Gasteiger partial charge in [-0.3, -0.25) is 0 Å². The van der Waals surface area contributed by atoms with Gasteiger partial charge < -0.3 is 15.5 Å². The summed E-state index contributed by atoms with van der Waals surface area (Å²) in [6.07, 6.45) is 4.02. The molecule has 1 aliphatic carbocycles. The van der Waals surface area contributed by atoms with E-state index in [0.29, 0.717) is 29.2 Å². The first-order valence-electron chi connectivity index (χ1n) is 14.9. The van der Waals surface area contributed by atoms with E-state index in [9.17, 15) is 8.42 Å². The van der Waals surface area contributed by atoms with Crippen LogP contribution in [0.1, 0.15) is 25.7 Å². The smallest absolute Gasteiger partial charge is 0.241 e. The van der Waals surface area contributed by atoms with E-state index in [2.05, 4.69) is 15.4 Å². The second-order valence-corrected chi connectivity index (χ2v) is 13.3. The summed E-state index contributed by atoms with van der Waals surface area (Å²) in [6, 6.07) is 29.3. The molecule has 43 heavy (non-hydrogen) atoms. The number of fused-ring (bicyclic) bond motifs is 2. The molecular weight excluding hydrogens is 556 g/mol. The molecule has 0 amide bonds. The van der Waals surface area contributed by atoms with Crippen molar-refractivity contribution >= 4 is 54.8 Å². The second-order valence-electron chi connectivity index (χ2n) is 11.5. The van der Waals surface area contributed by atoms with Crippen LogP contribution in [0.5, 0.6) is 0 Å². The SMILES string of the molecule is CN(C)c1cccc2c(S(=O)(=O)NCC3CCC(CNc4nc(Nc5ccccc5)c5ccccc5n4)CC3)cccc12. The van der Waals surface area contributed by atoms with E-state index in [1.807, 2.05) is 104 Å². The number of aromatic nitrogens is 2. The summed E-state index contributed by atoms with van der Waals surface area (Å²) in [5.74, 6) is 2.19. The van der Waals surface area contributed by atoms with Crippen molar-refractivity contribution in [2.45, 2.75) is 30.6 Å². The molecule has 0 radical (unpaired) electrons. The lowest BCUT2D eigenvalue weighted by Crippen LogP contribution is -2.32. The zero-order chi connectivity index (χ0) is 29.8. The van der Waals surface area contributed by atoms with E-state index in [-0.39, 0.29) is 0 Å². The Morgan fingerprint density at radius 3 is 2.14 bits per heavy atom. The lowest BCUT2D eigenvalue weighted by molar-refractivity contribution is 0.284. The van der Waals surface area contributed by atoms with Gasteiger partial charge in [-0.15, -0.1) is 0 Å². The quantitative estimate of drug-likeness (QED) is 0.164. The van der Waals surface area contributed by atoms with Crippen LogP contribution in [-0.4, -0.2) is 45.6 Å². The van der Waals surface area contributed by atoms with Gasteiger partial charge in [-0.25, -0.2) is 18.1 Å². The van der Waals surface area contributed by atoms with Gasteiger partial charge in [0.05, 0.1) is 10.4 Å². The first-order valence-corrected chi connectivity index (χ1v) is 16.4. The van der Waals surface area contributed by atoms with Crippen molar-refractivity contribution < 1.29 is 8.42 Å². The topological polar surface area (TPSA) is 99.3 Å². The minimum absolute atomic E-state index is 0.317. The van der Waals surface area contributed by atoms with Crippen LogP contribution in [0.3, 0.4) is 0 Å². The molecule has 3 N–H and O–H groups in total. The lowest BCUT2D eigenvalue weighted by atomic mass is 9.82. The number of hydrogen-bond donors (Lipinski definition) is 3. The van der Waals surface area contributed by atoms with Crippen LogP contribution < -0.4 is 20.3 Å². The zero-order valence-corrected chi connectivity index (χ0v) is 25.4. The summed E-state index contributed by atoms with van der Waals surface area (Å²) in [5, 5.41) is 9.56. The summed E-state index contributed by atoms with van der Waals surface area (Å²) in [7, 11) is 0.299. The third-order valence-corrected chi connectivity index (χ3v) is 9.83. The van der Waals surface area contributed by atoms with Crippen molar-refractivity contribution in [3.8, 4) is 0 Å². The molecule has 8 nitrogen and oxygen atoms in total. The molecule has 4 aromatic carbocycles. The van der Waals surface area contributed by atoms with E-state index in [0.717, 1.165) is 71.1 Å². The number of hydrogen-bond acceptors (Lipinski definition) is 7. The summed E-state index contributed by atoms with van der Waals surface area (Å²) >= 11 is 0. The fourth-order valence-corrected chi connectivity index (χ4v) is 7.31. The molecule has 0 unspecified atom stereocenters. The van der Waals surface area contributed by atoms with Crippen LogP contribution in [0.2, 0.25) is 0 Å². The van der Waals surface area contributed by atoms with E-state index < -0.39 is 10.0 Å². The third kappa shape index (κ3) is 6.58. The normalized spacial score (nSPS) is 17.2. The number of anilines is 4. The van der Waals surface area contributed by atoms with Crippen LogP contribution >= 0.6 is 0 Å². The number of nitrogens with one attached hydrogen (secondary N) is 3. The van der Waals surface area contributed by atoms with Crippen molar-refractivity contribution in [2.24, 2.45) is 11.8 Å². The molecule has 0 bridgehead atoms. The summed E-state index contributed by atoms with van der Waals surface area (Å²) in [5.41, 5.74) is 2.86. The third-order valence-electron chi connectivity index (χ3n) is 8.35. The van der Waals surface area contributed by atoms with Crippen LogP contribution in [0.15, 0.2) is 95.9 Å². The van der Waals surface area contributed by atoms with Gasteiger partial charge in [0.15, 0.2) is 0 Å². The monoisotopic (exact) mass is 594 g/mol. The molecule has 1 aromatic heterocycles. The predicted octanol–water partition coefficient (Wildman–Crippen LogP) is 6.79. The Hall–Kier alpha value is -4.21. The number of rotatable bonds is 10. The Balaban J connectivity index is 1.05. The van der Waals surface area contributed by atoms with E-state index >= 15 is 0 Å². The van der Waals surface area contributed by atoms with Gasteiger partial charge in [0.25, 0.3) is 0 Å². The van der Waals surface area contributed by atoms with Crippen molar-refractivity contribution in [1.82, 2.24) is 14.7 Å². The first kappa shape index (κ1) is 28.9. The van der Waals surface area contributed by atoms with Crippen LogP contribution in [-0.2, 0) is 10.0 Å². The van der Waals surface area contributed by atoms with Gasteiger partial charge in [0.1, 0.15) is 5.82 Å². The Labute approximate surface area is 253 Å². The average Bonchev–Trinajstić information content (AvgIpc) is 3.03. The summed E-state index contributed by atoms with van der Waals surface area (Å²) in [4.78, 5) is 11.9. The number of sulfonamides is 1. The van der Waals surface area contributed by atoms with E-state index in [1.54, 1.807) is 6.07 Å².